The molecule has 0 bridgehead atoms. The number of benzene rings is 1. The van der Waals surface area contributed by atoms with Gasteiger partial charge in [0, 0.05) is 5.38 Å². The number of carbonyl (C=O) groups is 2. The number of aromatic nitrogens is 1. The highest BCUT2D eigenvalue weighted by molar-refractivity contribution is 7.09. The summed E-state index contributed by atoms with van der Waals surface area (Å²) in [6.45, 7) is 3.57. The standard InChI is InChI=1S/C14H15N3O3S/c1-7-3-4-10(9(5-7)14(19)20)16-12(18)11-6-21-13(17-11)8(2)15/h3-6,8H,15H2,1-2H3,(H,16,18)(H,19,20). The molecule has 0 aliphatic rings. The quantitative estimate of drug-likeness (QED) is 0.804. The number of aromatic carboxylic acids is 1. The van der Waals surface area contributed by atoms with Crippen LogP contribution in [0.1, 0.15) is 44.4 Å². The number of nitrogens with one attached hydrogen (secondary N) is 1. The second-order valence-corrected chi connectivity index (χ2v) is 5.56. The molecule has 2 aromatic rings. The van der Waals surface area contributed by atoms with Gasteiger partial charge in [0.25, 0.3) is 5.91 Å². The SMILES string of the molecule is Cc1ccc(NC(=O)c2csc(C(C)N)n2)c(C(=O)O)c1. The van der Waals surface area contributed by atoms with E-state index < -0.39 is 11.9 Å². The summed E-state index contributed by atoms with van der Waals surface area (Å²) in [7, 11) is 0. The number of carbonyl (C=O) groups excluding carboxylic acids is 1. The van der Waals surface area contributed by atoms with Crippen LogP contribution in [0.2, 0.25) is 0 Å². The first-order chi connectivity index (χ1) is 9.88. The number of hydrogen-bond donors (Lipinski definition) is 3. The summed E-state index contributed by atoms with van der Waals surface area (Å²) >= 11 is 1.30. The van der Waals surface area contributed by atoms with Crippen molar-refractivity contribution >= 4 is 28.9 Å². The average molecular weight is 305 g/mol. The molecule has 0 spiro atoms. The van der Waals surface area contributed by atoms with E-state index in [4.69, 9.17) is 10.8 Å². The van der Waals surface area contributed by atoms with Crippen molar-refractivity contribution in [2.75, 3.05) is 5.32 Å². The summed E-state index contributed by atoms with van der Waals surface area (Å²) in [6, 6.07) is 4.56. The molecule has 0 saturated carbocycles. The van der Waals surface area contributed by atoms with Gasteiger partial charge in [0.15, 0.2) is 0 Å². The molecule has 1 unspecified atom stereocenters. The van der Waals surface area contributed by atoms with Crippen molar-refractivity contribution < 1.29 is 14.7 Å². The van der Waals surface area contributed by atoms with Crippen LogP contribution in [0.5, 0.6) is 0 Å². The van der Waals surface area contributed by atoms with Gasteiger partial charge >= 0.3 is 5.97 Å². The number of anilines is 1. The fraction of sp³-hybridized carbons (Fsp3) is 0.214. The molecule has 1 atom stereocenters. The van der Waals surface area contributed by atoms with Gasteiger partial charge in [0.05, 0.1) is 17.3 Å². The van der Waals surface area contributed by atoms with Crippen molar-refractivity contribution in [3.05, 3.63) is 45.4 Å². The van der Waals surface area contributed by atoms with E-state index in [1.54, 1.807) is 31.4 Å². The van der Waals surface area contributed by atoms with Crippen LogP contribution in [0.4, 0.5) is 5.69 Å². The first kappa shape index (κ1) is 15.1. The van der Waals surface area contributed by atoms with Gasteiger partial charge in [-0.3, -0.25) is 4.79 Å². The maximum absolute atomic E-state index is 12.1. The van der Waals surface area contributed by atoms with Crippen LogP contribution in [-0.4, -0.2) is 22.0 Å². The van der Waals surface area contributed by atoms with E-state index in [1.165, 1.54) is 17.4 Å². The molecular weight excluding hydrogens is 290 g/mol. The molecule has 0 radical (unpaired) electrons. The third-order valence-electron chi connectivity index (χ3n) is 2.80. The molecule has 6 nitrogen and oxygen atoms in total. The summed E-state index contributed by atoms with van der Waals surface area (Å²) in [5.41, 5.74) is 7.02. The zero-order chi connectivity index (χ0) is 15.6. The third-order valence-corrected chi connectivity index (χ3v) is 3.84. The summed E-state index contributed by atoms with van der Waals surface area (Å²) in [6.07, 6.45) is 0. The van der Waals surface area contributed by atoms with Crippen LogP contribution in [0.15, 0.2) is 23.6 Å². The van der Waals surface area contributed by atoms with Gasteiger partial charge in [-0.1, -0.05) is 11.6 Å². The van der Waals surface area contributed by atoms with Crippen molar-refractivity contribution in [3.8, 4) is 0 Å². The first-order valence-corrected chi connectivity index (χ1v) is 7.12. The van der Waals surface area contributed by atoms with E-state index in [-0.39, 0.29) is 23.0 Å². The number of rotatable bonds is 4. The van der Waals surface area contributed by atoms with E-state index in [9.17, 15) is 9.59 Å². The molecule has 1 aromatic heterocycles. The van der Waals surface area contributed by atoms with Crippen LogP contribution in [0, 0.1) is 6.92 Å². The van der Waals surface area contributed by atoms with Crippen molar-refractivity contribution in [3.63, 3.8) is 0 Å². The Morgan fingerprint density at radius 3 is 2.71 bits per heavy atom. The van der Waals surface area contributed by atoms with Crippen molar-refractivity contribution in [1.29, 1.82) is 0 Å². The molecule has 0 aliphatic heterocycles. The number of nitrogens with two attached hydrogens (primary N) is 1. The minimum absolute atomic E-state index is 0.0472. The molecule has 1 aromatic carbocycles. The van der Waals surface area contributed by atoms with Crippen molar-refractivity contribution in [2.45, 2.75) is 19.9 Å². The Labute approximate surface area is 125 Å². The van der Waals surface area contributed by atoms with Crippen LogP contribution in [0.3, 0.4) is 0 Å². The summed E-state index contributed by atoms with van der Waals surface area (Å²) in [5.74, 6) is -1.55. The fourth-order valence-corrected chi connectivity index (χ4v) is 2.49. The van der Waals surface area contributed by atoms with Gasteiger partial charge < -0.3 is 16.2 Å². The first-order valence-electron chi connectivity index (χ1n) is 6.24. The van der Waals surface area contributed by atoms with Gasteiger partial charge in [0.2, 0.25) is 0 Å². The lowest BCUT2D eigenvalue weighted by Gasteiger charge is -2.08. The summed E-state index contributed by atoms with van der Waals surface area (Å²) in [4.78, 5) is 27.4. The van der Waals surface area contributed by atoms with Crippen LogP contribution in [0.25, 0.3) is 0 Å². The lowest BCUT2D eigenvalue weighted by atomic mass is 10.1. The van der Waals surface area contributed by atoms with Crippen LogP contribution in [-0.2, 0) is 0 Å². The number of nitrogens with zero attached hydrogens (tertiary/aromatic N) is 1. The highest BCUT2D eigenvalue weighted by atomic mass is 32.1. The third kappa shape index (κ3) is 3.45. The van der Waals surface area contributed by atoms with Crippen LogP contribution >= 0.6 is 11.3 Å². The molecular formula is C14H15N3O3S. The number of carboxylic acids is 1. The van der Waals surface area contributed by atoms with Crippen LogP contribution < -0.4 is 11.1 Å². The topological polar surface area (TPSA) is 105 Å². The monoisotopic (exact) mass is 305 g/mol. The Morgan fingerprint density at radius 2 is 2.14 bits per heavy atom. The second kappa shape index (κ2) is 6.02. The predicted molar refractivity (Wildman–Crippen MR) is 80.8 cm³/mol. The number of carboxylic acid groups (broad SMARTS) is 1. The normalized spacial score (nSPS) is 12.0. The Hall–Kier alpha value is -2.25. The molecule has 0 saturated heterocycles. The fourth-order valence-electron chi connectivity index (χ4n) is 1.73. The number of amides is 1. The molecule has 1 heterocycles. The Morgan fingerprint density at radius 1 is 1.43 bits per heavy atom. The molecule has 21 heavy (non-hydrogen) atoms. The van der Waals surface area contributed by atoms with E-state index in [0.717, 1.165) is 5.56 Å². The Kier molecular flexibility index (Phi) is 4.35. The van der Waals surface area contributed by atoms with Gasteiger partial charge in [-0.15, -0.1) is 11.3 Å². The van der Waals surface area contributed by atoms with Gasteiger partial charge in [-0.2, -0.15) is 0 Å². The Bertz CT molecular complexity index is 695. The zero-order valence-electron chi connectivity index (χ0n) is 11.6. The van der Waals surface area contributed by atoms with E-state index >= 15 is 0 Å². The lowest BCUT2D eigenvalue weighted by molar-refractivity contribution is 0.0698. The van der Waals surface area contributed by atoms with E-state index in [1.807, 2.05) is 0 Å². The molecule has 7 heteroatoms. The smallest absolute Gasteiger partial charge is 0.337 e. The molecule has 1 amide bonds. The molecule has 110 valence electrons. The largest absolute Gasteiger partial charge is 0.478 e. The highest BCUT2D eigenvalue weighted by Gasteiger charge is 2.16. The predicted octanol–water partition coefficient (Wildman–Crippen LogP) is 2.42. The van der Waals surface area contributed by atoms with Crippen molar-refractivity contribution in [1.82, 2.24) is 4.98 Å². The Balaban J connectivity index is 2.25. The summed E-state index contributed by atoms with van der Waals surface area (Å²) < 4.78 is 0. The van der Waals surface area contributed by atoms with Gasteiger partial charge in [0.1, 0.15) is 10.7 Å². The molecule has 4 N–H and O–H groups in total. The average Bonchev–Trinajstić information content (AvgIpc) is 2.90. The number of hydrogen-bond acceptors (Lipinski definition) is 5. The summed E-state index contributed by atoms with van der Waals surface area (Å²) in [5, 5.41) is 14.0. The lowest BCUT2D eigenvalue weighted by Crippen LogP contribution is -2.16. The maximum atomic E-state index is 12.1. The van der Waals surface area contributed by atoms with Crippen molar-refractivity contribution in [2.24, 2.45) is 5.73 Å². The molecule has 2 rings (SSSR count). The number of aryl methyl sites for hydroxylation is 1. The van der Waals surface area contributed by atoms with E-state index in [2.05, 4.69) is 10.3 Å². The maximum Gasteiger partial charge on any atom is 0.337 e. The minimum atomic E-state index is -1.09. The molecule has 0 fully saturated rings. The minimum Gasteiger partial charge on any atom is -0.478 e. The second-order valence-electron chi connectivity index (χ2n) is 4.67. The zero-order valence-corrected chi connectivity index (χ0v) is 12.4. The van der Waals surface area contributed by atoms with E-state index in [0.29, 0.717) is 5.01 Å². The number of thiazole rings is 1. The molecule has 0 aliphatic carbocycles. The highest BCUT2D eigenvalue weighted by Crippen LogP contribution is 2.20. The van der Waals surface area contributed by atoms with Gasteiger partial charge in [-0.05, 0) is 26.0 Å². The van der Waals surface area contributed by atoms with Gasteiger partial charge in [-0.25, -0.2) is 9.78 Å².